The van der Waals surface area contributed by atoms with Gasteiger partial charge in [0.2, 0.25) is 0 Å². The van der Waals surface area contributed by atoms with E-state index in [0.717, 1.165) is 0 Å². The van der Waals surface area contributed by atoms with Gasteiger partial charge in [0.25, 0.3) is 5.91 Å². The summed E-state index contributed by atoms with van der Waals surface area (Å²) in [7, 11) is 0. The fraction of sp³-hybridized carbons (Fsp3) is 0.364. The number of para-hydroxylation sites is 1. The maximum atomic E-state index is 15.5. The van der Waals surface area contributed by atoms with E-state index in [-0.39, 0.29) is 21.9 Å². The third-order valence-electron chi connectivity index (χ3n) is 4.41. The van der Waals surface area contributed by atoms with Crippen molar-refractivity contribution in [1.29, 1.82) is 0 Å². The Morgan fingerprint density at radius 3 is 1.67 bits per heavy atom. The molecule has 144 valence electrons. The zero-order valence-corrected chi connectivity index (χ0v) is 16.6. The van der Waals surface area contributed by atoms with Crippen molar-refractivity contribution in [3.05, 3.63) is 64.7 Å². The molecule has 0 aliphatic carbocycles. The Hall–Kier alpha value is -2.69. The van der Waals surface area contributed by atoms with E-state index in [4.69, 9.17) is 0 Å². The highest BCUT2D eigenvalue weighted by molar-refractivity contribution is 6.11. The third kappa shape index (κ3) is 4.18. The second kappa shape index (κ2) is 7.14. The zero-order chi connectivity index (χ0) is 20.6. The maximum absolute atomic E-state index is 15.5. The van der Waals surface area contributed by atoms with Crippen LogP contribution in [0.5, 0.6) is 0 Å². The first-order valence-electron chi connectivity index (χ1n) is 8.82. The van der Waals surface area contributed by atoms with Crippen LogP contribution in [0.15, 0.2) is 42.5 Å². The summed E-state index contributed by atoms with van der Waals surface area (Å²) >= 11 is 0. The molecule has 0 bridgehead atoms. The average Bonchev–Trinajstić information content (AvgIpc) is 2.58. The molecule has 0 saturated carbocycles. The first-order chi connectivity index (χ1) is 12.4. The summed E-state index contributed by atoms with van der Waals surface area (Å²) in [5.74, 6) is -2.26. The van der Waals surface area contributed by atoms with E-state index in [1.54, 1.807) is 12.1 Å². The minimum absolute atomic E-state index is 0.100. The third-order valence-corrected chi connectivity index (χ3v) is 4.41. The van der Waals surface area contributed by atoms with Gasteiger partial charge < -0.3 is 5.11 Å². The summed E-state index contributed by atoms with van der Waals surface area (Å²) in [6.07, 6.45) is 0. The molecular formula is C22H26FNO3. The average molecular weight is 371 g/mol. The molecule has 4 nitrogen and oxygen atoms in total. The number of carbonyl (C=O) groups excluding carboxylic acids is 1. The van der Waals surface area contributed by atoms with Crippen LogP contribution in [-0.2, 0) is 10.8 Å². The normalized spacial score (nSPS) is 12.0. The number of halogens is 1. The molecule has 0 aliphatic rings. The number of rotatable bonds is 3. The lowest BCUT2D eigenvalue weighted by Gasteiger charge is -2.31. The fourth-order valence-corrected chi connectivity index (χ4v) is 3.03. The number of hydrogen-bond acceptors (Lipinski definition) is 2. The fourth-order valence-electron chi connectivity index (χ4n) is 3.03. The molecule has 2 aromatic rings. The van der Waals surface area contributed by atoms with Crippen LogP contribution in [0.4, 0.5) is 10.2 Å². The first-order valence-corrected chi connectivity index (χ1v) is 8.82. The Kier molecular flexibility index (Phi) is 5.45. The number of amides is 1. The SMILES string of the molecule is CC(C)(C)c1cccc(C(C)(C)C)c1N(F)C(=O)c1ccccc1C(=O)O. The number of carboxylic acids is 1. The van der Waals surface area contributed by atoms with Crippen LogP contribution in [-0.4, -0.2) is 17.0 Å². The lowest BCUT2D eigenvalue weighted by Crippen LogP contribution is -2.30. The number of hydrogen-bond donors (Lipinski definition) is 1. The number of benzene rings is 2. The van der Waals surface area contributed by atoms with Crippen molar-refractivity contribution in [3.63, 3.8) is 0 Å². The molecule has 2 rings (SSSR count). The highest BCUT2D eigenvalue weighted by atomic mass is 19.2. The van der Waals surface area contributed by atoms with E-state index in [1.165, 1.54) is 24.3 Å². The lowest BCUT2D eigenvalue weighted by molar-refractivity contribution is 0.0690. The molecule has 0 aliphatic heterocycles. The molecule has 0 fully saturated rings. The topological polar surface area (TPSA) is 57.6 Å². The molecule has 0 unspecified atom stereocenters. The zero-order valence-electron chi connectivity index (χ0n) is 16.6. The maximum Gasteiger partial charge on any atom is 0.336 e. The van der Waals surface area contributed by atoms with Crippen LogP contribution < -0.4 is 5.12 Å². The molecule has 0 heterocycles. The van der Waals surface area contributed by atoms with Gasteiger partial charge in [-0.25, -0.2) is 4.79 Å². The monoisotopic (exact) mass is 371 g/mol. The van der Waals surface area contributed by atoms with Crippen molar-refractivity contribution in [2.45, 2.75) is 52.4 Å². The molecular weight excluding hydrogens is 345 g/mol. The van der Waals surface area contributed by atoms with Gasteiger partial charge in [0, 0.05) is 0 Å². The van der Waals surface area contributed by atoms with Gasteiger partial charge in [0.05, 0.1) is 16.8 Å². The van der Waals surface area contributed by atoms with Crippen molar-refractivity contribution < 1.29 is 19.2 Å². The highest BCUT2D eigenvalue weighted by Crippen LogP contribution is 2.40. The van der Waals surface area contributed by atoms with Gasteiger partial charge in [-0.05, 0) is 34.1 Å². The lowest BCUT2D eigenvalue weighted by atomic mass is 9.78. The standard InChI is InChI=1S/C22H26FNO3/c1-21(2,3)16-12-9-13-17(22(4,5)6)18(16)24(23)19(25)14-10-7-8-11-15(14)20(26)27/h7-13H,1-6H3,(H,26,27). The van der Waals surface area contributed by atoms with Crippen molar-refractivity contribution >= 4 is 17.6 Å². The number of carbonyl (C=O) groups is 2. The largest absolute Gasteiger partial charge is 0.478 e. The van der Waals surface area contributed by atoms with E-state index < -0.39 is 22.7 Å². The Morgan fingerprint density at radius 1 is 0.815 bits per heavy atom. The molecule has 0 atom stereocenters. The molecule has 5 heteroatoms. The van der Waals surface area contributed by atoms with E-state index in [9.17, 15) is 14.7 Å². The Morgan fingerprint density at radius 2 is 1.26 bits per heavy atom. The van der Waals surface area contributed by atoms with Crippen molar-refractivity contribution in [2.75, 3.05) is 5.12 Å². The van der Waals surface area contributed by atoms with Crippen molar-refractivity contribution in [3.8, 4) is 0 Å². The predicted octanol–water partition coefficient (Wildman–Crippen LogP) is 5.51. The van der Waals surface area contributed by atoms with Crippen LogP contribution in [0.3, 0.4) is 0 Å². The van der Waals surface area contributed by atoms with E-state index in [2.05, 4.69) is 0 Å². The second-order valence-electron chi connectivity index (χ2n) is 8.64. The number of carboxylic acid groups (broad SMARTS) is 1. The van der Waals surface area contributed by atoms with Crippen molar-refractivity contribution in [1.82, 2.24) is 0 Å². The van der Waals surface area contributed by atoms with Crippen molar-refractivity contribution in [2.24, 2.45) is 0 Å². The molecule has 27 heavy (non-hydrogen) atoms. The summed E-state index contributed by atoms with van der Waals surface area (Å²) in [5, 5.41) is 9.44. The van der Waals surface area contributed by atoms with Gasteiger partial charge in [-0.3, -0.25) is 4.79 Å². The van der Waals surface area contributed by atoms with Gasteiger partial charge in [0.1, 0.15) is 0 Å². The second-order valence-corrected chi connectivity index (χ2v) is 8.64. The number of nitrogens with zero attached hydrogens (tertiary/aromatic N) is 1. The van der Waals surface area contributed by atoms with E-state index >= 15 is 4.48 Å². The summed E-state index contributed by atoms with van der Waals surface area (Å²) in [6, 6.07) is 11.1. The molecule has 0 radical (unpaired) electrons. The van der Waals surface area contributed by atoms with Crippen LogP contribution in [0.1, 0.15) is 73.4 Å². The minimum atomic E-state index is -1.27. The molecule has 0 aromatic heterocycles. The first kappa shape index (κ1) is 20.6. The quantitative estimate of drug-likeness (QED) is 0.724. The predicted molar refractivity (Wildman–Crippen MR) is 105 cm³/mol. The molecule has 0 spiro atoms. The minimum Gasteiger partial charge on any atom is -0.478 e. The smallest absolute Gasteiger partial charge is 0.336 e. The Labute approximate surface area is 159 Å². The van der Waals surface area contributed by atoms with E-state index in [1.807, 2.05) is 47.6 Å². The van der Waals surface area contributed by atoms with Gasteiger partial charge in [0.15, 0.2) is 0 Å². The van der Waals surface area contributed by atoms with Crippen LogP contribution in [0.25, 0.3) is 0 Å². The van der Waals surface area contributed by atoms with E-state index in [0.29, 0.717) is 11.1 Å². The van der Waals surface area contributed by atoms with Gasteiger partial charge in [-0.1, -0.05) is 76.4 Å². The molecule has 1 N–H and O–H groups in total. The summed E-state index contributed by atoms with van der Waals surface area (Å²) in [5.41, 5.74) is 0.313. The summed E-state index contributed by atoms with van der Waals surface area (Å²) < 4.78 is 15.5. The van der Waals surface area contributed by atoms with Crippen LogP contribution in [0.2, 0.25) is 0 Å². The van der Waals surface area contributed by atoms with Gasteiger partial charge in [-0.15, -0.1) is 5.12 Å². The molecule has 2 aromatic carbocycles. The van der Waals surface area contributed by atoms with Gasteiger partial charge >= 0.3 is 5.97 Å². The highest BCUT2D eigenvalue weighted by Gasteiger charge is 2.33. The number of aromatic carboxylic acids is 1. The van der Waals surface area contributed by atoms with Gasteiger partial charge in [-0.2, -0.15) is 0 Å². The summed E-state index contributed by atoms with van der Waals surface area (Å²) in [6.45, 7) is 11.7. The molecule has 0 saturated heterocycles. The van der Waals surface area contributed by atoms with Crippen LogP contribution in [0, 0.1) is 0 Å². The Bertz CT molecular complexity index is 844. The van der Waals surface area contributed by atoms with Crippen LogP contribution >= 0.6 is 0 Å². The Balaban J connectivity index is 2.70. The molecule has 1 amide bonds. The number of anilines is 1. The summed E-state index contributed by atoms with van der Waals surface area (Å²) in [4.78, 5) is 24.4.